The highest BCUT2D eigenvalue weighted by molar-refractivity contribution is 9.10. The molecule has 2 aromatic carbocycles. The third-order valence-electron chi connectivity index (χ3n) is 3.06. The predicted molar refractivity (Wildman–Crippen MR) is 80.1 cm³/mol. The normalized spacial score (nSPS) is 12.2. The van der Waals surface area contributed by atoms with E-state index in [1.807, 2.05) is 31.2 Å². The predicted octanol–water partition coefficient (Wildman–Crippen LogP) is 4.61. The van der Waals surface area contributed by atoms with E-state index in [1.165, 1.54) is 12.1 Å². The van der Waals surface area contributed by atoms with Gasteiger partial charge in [-0.1, -0.05) is 41.1 Å². The van der Waals surface area contributed by atoms with Crippen molar-refractivity contribution in [1.82, 2.24) is 0 Å². The summed E-state index contributed by atoms with van der Waals surface area (Å²) in [6, 6.07) is 11.9. The average Bonchev–Trinajstić information content (AvgIpc) is 2.46. The molecule has 0 amide bonds. The van der Waals surface area contributed by atoms with Gasteiger partial charge in [0.25, 0.3) is 0 Å². The molecule has 0 saturated carbocycles. The smallest absolute Gasteiger partial charge is 0.124 e. The van der Waals surface area contributed by atoms with E-state index in [2.05, 4.69) is 15.9 Å². The lowest BCUT2D eigenvalue weighted by Crippen LogP contribution is -1.98. The van der Waals surface area contributed by atoms with E-state index in [-0.39, 0.29) is 5.82 Å². The Bertz CT molecular complexity index is 569. The second-order valence-corrected chi connectivity index (χ2v) is 5.37. The number of hydrogen-bond acceptors (Lipinski definition) is 2. The zero-order valence-corrected chi connectivity index (χ0v) is 12.7. The highest BCUT2D eigenvalue weighted by atomic mass is 79.9. The Morgan fingerprint density at radius 2 is 1.90 bits per heavy atom. The number of halogens is 2. The first-order chi connectivity index (χ1) is 9.60. The van der Waals surface area contributed by atoms with Gasteiger partial charge in [-0.25, -0.2) is 4.39 Å². The van der Waals surface area contributed by atoms with Gasteiger partial charge in [-0.15, -0.1) is 0 Å². The summed E-state index contributed by atoms with van der Waals surface area (Å²) >= 11 is 3.31. The molecular weight excluding hydrogens is 323 g/mol. The van der Waals surface area contributed by atoms with Crippen LogP contribution >= 0.6 is 15.9 Å². The molecule has 1 atom stereocenters. The summed E-state index contributed by atoms with van der Waals surface area (Å²) in [5.74, 6) is 0.437. The van der Waals surface area contributed by atoms with Gasteiger partial charge in [0.05, 0.1) is 6.10 Å². The minimum atomic E-state index is -0.435. The van der Waals surface area contributed by atoms with Gasteiger partial charge >= 0.3 is 0 Å². The van der Waals surface area contributed by atoms with E-state index in [0.29, 0.717) is 23.2 Å². The molecule has 0 radical (unpaired) electrons. The van der Waals surface area contributed by atoms with Gasteiger partial charge in [-0.05, 0) is 36.2 Å². The number of benzene rings is 2. The molecule has 0 unspecified atom stereocenters. The van der Waals surface area contributed by atoms with Crippen LogP contribution in [-0.4, -0.2) is 5.11 Å². The zero-order chi connectivity index (χ0) is 14.5. The number of rotatable bonds is 5. The van der Waals surface area contributed by atoms with Crippen LogP contribution < -0.4 is 4.74 Å². The molecule has 106 valence electrons. The van der Waals surface area contributed by atoms with Crippen molar-refractivity contribution in [2.75, 3.05) is 0 Å². The molecule has 0 bridgehead atoms. The van der Waals surface area contributed by atoms with Crippen LogP contribution in [0.4, 0.5) is 4.39 Å². The van der Waals surface area contributed by atoms with Crippen LogP contribution in [0.15, 0.2) is 46.9 Å². The highest BCUT2D eigenvalue weighted by Crippen LogP contribution is 2.22. The fourth-order valence-corrected chi connectivity index (χ4v) is 2.29. The first-order valence-corrected chi connectivity index (χ1v) is 7.24. The fourth-order valence-electron chi connectivity index (χ4n) is 1.82. The van der Waals surface area contributed by atoms with Gasteiger partial charge in [-0.3, -0.25) is 0 Å². The van der Waals surface area contributed by atoms with Crippen LogP contribution in [0.1, 0.15) is 30.6 Å². The Hall–Kier alpha value is -1.39. The van der Waals surface area contributed by atoms with Gasteiger partial charge < -0.3 is 9.84 Å². The molecule has 0 aliphatic rings. The molecule has 0 aromatic heterocycles. The SMILES string of the molecule is CC[C@@H](O)c1ccc(OCc2ccc(F)cc2Br)cc1. The zero-order valence-electron chi connectivity index (χ0n) is 11.1. The molecule has 0 fully saturated rings. The first-order valence-electron chi connectivity index (χ1n) is 6.45. The monoisotopic (exact) mass is 338 g/mol. The summed E-state index contributed by atoms with van der Waals surface area (Å²) in [6.07, 6.45) is 0.248. The lowest BCUT2D eigenvalue weighted by Gasteiger charge is -2.11. The lowest BCUT2D eigenvalue weighted by atomic mass is 10.1. The standard InChI is InChI=1S/C16H16BrFO2/c1-2-16(19)11-4-7-14(8-5-11)20-10-12-3-6-13(18)9-15(12)17/h3-9,16,19H,2,10H2,1H3/t16-/m1/s1. The van der Waals surface area contributed by atoms with E-state index in [4.69, 9.17) is 4.74 Å². The lowest BCUT2D eigenvalue weighted by molar-refractivity contribution is 0.173. The molecule has 0 aliphatic carbocycles. The molecule has 0 aliphatic heterocycles. The minimum Gasteiger partial charge on any atom is -0.489 e. The number of hydrogen-bond donors (Lipinski definition) is 1. The van der Waals surface area contributed by atoms with E-state index >= 15 is 0 Å². The maximum absolute atomic E-state index is 13.0. The second-order valence-electron chi connectivity index (χ2n) is 4.52. The van der Waals surface area contributed by atoms with Crippen LogP contribution in [-0.2, 0) is 6.61 Å². The Kier molecular flexibility index (Phi) is 5.15. The van der Waals surface area contributed by atoms with Crippen molar-refractivity contribution in [3.63, 3.8) is 0 Å². The van der Waals surface area contributed by atoms with Crippen LogP contribution in [0, 0.1) is 5.82 Å². The largest absolute Gasteiger partial charge is 0.489 e. The van der Waals surface area contributed by atoms with Crippen molar-refractivity contribution in [3.05, 3.63) is 63.9 Å². The Morgan fingerprint density at radius 1 is 1.20 bits per heavy atom. The van der Waals surface area contributed by atoms with Gasteiger partial charge in [0, 0.05) is 10.0 Å². The molecule has 1 N–H and O–H groups in total. The van der Waals surface area contributed by atoms with Crippen molar-refractivity contribution in [2.24, 2.45) is 0 Å². The molecule has 2 rings (SSSR count). The third kappa shape index (κ3) is 3.81. The molecule has 2 aromatic rings. The topological polar surface area (TPSA) is 29.5 Å². The van der Waals surface area contributed by atoms with Gasteiger partial charge in [0.1, 0.15) is 18.2 Å². The maximum Gasteiger partial charge on any atom is 0.124 e. The summed E-state index contributed by atoms with van der Waals surface area (Å²) in [4.78, 5) is 0. The average molecular weight is 339 g/mol. The van der Waals surface area contributed by atoms with Gasteiger partial charge in [-0.2, -0.15) is 0 Å². The van der Waals surface area contributed by atoms with E-state index in [1.54, 1.807) is 6.07 Å². The fraction of sp³-hybridized carbons (Fsp3) is 0.250. The number of aliphatic hydroxyl groups excluding tert-OH is 1. The van der Waals surface area contributed by atoms with Crippen LogP contribution in [0.5, 0.6) is 5.75 Å². The summed E-state index contributed by atoms with van der Waals surface area (Å²) < 4.78 is 19.3. The molecule has 0 heterocycles. The van der Waals surface area contributed by atoms with Crippen molar-refractivity contribution in [1.29, 1.82) is 0 Å². The van der Waals surface area contributed by atoms with Crippen molar-refractivity contribution < 1.29 is 14.2 Å². The van der Waals surface area contributed by atoms with E-state index < -0.39 is 6.10 Å². The van der Waals surface area contributed by atoms with Crippen molar-refractivity contribution in [2.45, 2.75) is 26.1 Å². The van der Waals surface area contributed by atoms with E-state index in [9.17, 15) is 9.50 Å². The Morgan fingerprint density at radius 3 is 2.50 bits per heavy atom. The molecule has 20 heavy (non-hydrogen) atoms. The number of ether oxygens (including phenoxy) is 1. The van der Waals surface area contributed by atoms with Crippen molar-refractivity contribution in [3.8, 4) is 5.75 Å². The summed E-state index contributed by atoms with van der Waals surface area (Å²) in [5.41, 5.74) is 1.76. The van der Waals surface area contributed by atoms with Crippen LogP contribution in [0.2, 0.25) is 0 Å². The second kappa shape index (κ2) is 6.86. The van der Waals surface area contributed by atoms with Crippen molar-refractivity contribution >= 4 is 15.9 Å². The molecule has 0 spiro atoms. The highest BCUT2D eigenvalue weighted by Gasteiger charge is 2.06. The maximum atomic E-state index is 13.0. The Labute approximate surface area is 126 Å². The van der Waals surface area contributed by atoms with Crippen LogP contribution in [0.3, 0.4) is 0 Å². The third-order valence-corrected chi connectivity index (χ3v) is 3.80. The number of aliphatic hydroxyl groups is 1. The van der Waals surface area contributed by atoms with Gasteiger partial charge in [0.2, 0.25) is 0 Å². The Balaban J connectivity index is 2.00. The van der Waals surface area contributed by atoms with Gasteiger partial charge in [0.15, 0.2) is 0 Å². The van der Waals surface area contributed by atoms with E-state index in [0.717, 1.165) is 11.1 Å². The molecule has 0 saturated heterocycles. The summed E-state index contributed by atoms with van der Waals surface area (Å²) in [5, 5.41) is 9.71. The first kappa shape index (κ1) is 15.0. The molecular formula is C16H16BrFO2. The summed E-state index contributed by atoms with van der Waals surface area (Å²) in [6.45, 7) is 2.29. The minimum absolute atomic E-state index is 0.279. The molecule has 4 heteroatoms. The van der Waals surface area contributed by atoms with Crippen LogP contribution in [0.25, 0.3) is 0 Å². The molecule has 2 nitrogen and oxygen atoms in total. The quantitative estimate of drug-likeness (QED) is 0.862. The summed E-state index contributed by atoms with van der Waals surface area (Å²) in [7, 11) is 0.